The molecule has 0 spiro atoms. The van der Waals surface area contributed by atoms with Crippen molar-refractivity contribution in [3.8, 4) is 5.82 Å². The lowest BCUT2D eigenvalue weighted by Crippen LogP contribution is -2.02. The molecule has 14 heavy (non-hydrogen) atoms. The zero-order valence-electron chi connectivity index (χ0n) is 7.68. The van der Waals surface area contributed by atoms with E-state index in [1.165, 1.54) is 0 Å². The van der Waals surface area contributed by atoms with E-state index in [4.69, 9.17) is 11.6 Å². The van der Waals surface area contributed by atoms with Crippen molar-refractivity contribution < 1.29 is 0 Å². The molecule has 0 N–H and O–H groups in total. The summed E-state index contributed by atoms with van der Waals surface area (Å²) < 4.78 is 1.66. The first-order valence-electron chi connectivity index (χ1n) is 4.33. The Labute approximate surface area is 86.6 Å². The highest BCUT2D eigenvalue weighted by Crippen LogP contribution is 2.10. The SMILES string of the molecule is CCc1nc(Cl)cc(-n2cccn2)n1. The van der Waals surface area contributed by atoms with E-state index in [1.54, 1.807) is 16.9 Å². The van der Waals surface area contributed by atoms with E-state index in [0.717, 1.165) is 12.2 Å². The van der Waals surface area contributed by atoms with Crippen LogP contribution in [0, 0.1) is 0 Å². The van der Waals surface area contributed by atoms with Crippen LogP contribution in [0.5, 0.6) is 0 Å². The molecule has 0 bridgehead atoms. The molecular weight excluding hydrogens is 200 g/mol. The van der Waals surface area contributed by atoms with Crippen molar-refractivity contribution >= 4 is 11.6 Å². The van der Waals surface area contributed by atoms with Crippen molar-refractivity contribution in [2.45, 2.75) is 13.3 Å². The van der Waals surface area contributed by atoms with Gasteiger partial charge in [0.05, 0.1) is 0 Å². The molecule has 2 aromatic rings. The third-order valence-corrected chi connectivity index (χ3v) is 1.98. The number of hydrogen-bond acceptors (Lipinski definition) is 3. The Bertz CT molecular complexity index is 424. The highest BCUT2D eigenvalue weighted by Gasteiger charge is 2.03. The molecule has 0 saturated heterocycles. The Morgan fingerprint density at radius 1 is 1.43 bits per heavy atom. The van der Waals surface area contributed by atoms with Crippen molar-refractivity contribution in [2.75, 3.05) is 0 Å². The number of aromatic nitrogens is 4. The molecule has 2 aromatic heterocycles. The minimum atomic E-state index is 0.447. The Balaban J connectivity index is 2.48. The lowest BCUT2D eigenvalue weighted by molar-refractivity contribution is 0.813. The summed E-state index contributed by atoms with van der Waals surface area (Å²) in [7, 11) is 0. The summed E-state index contributed by atoms with van der Waals surface area (Å²) >= 11 is 5.85. The highest BCUT2D eigenvalue weighted by molar-refractivity contribution is 6.29. The molecule has 4 nitrogen and oxygen atoms in total. The van der Waals surface area contributed by atoms with Crippen LogP contribution in [-0.4, -0.2) is 19.7 Å². The average Bonchev–Trinajstić information content (AvgIpc) is 2.69. The van der Waals surface area contributed by atoms with Crippen LogP contribution in [0.25, 0.3) is 5.82 Å². The summed E-state index contributed by atoms with van der Waals surface area (Å²) in [6, 6.07) is 3.52. The van der Waals surface area contributed by atoms with Gasteiger partial charge in [-0.25, -0.2) is 14.6 Å². The molecule has 0 unspecified atom stereocenters. The van der Waals surface area contributed by atoms with Gasteiger partial charge in [-0.2, -0.15) is 5.10 Å². The number of halogens is 1. The molecule has 0 aliphatic heterocycles. The van der Waals surface area contributed by atoms with E-state index in [9.17, 15) is 0 Å². The fraction of sp³-hybridized carbons (Fsp3) is 0.222. The quantitative estimate of drug-likeness (QED) is 0.708. The Kier molecular flexibility index (Phi) is 2.45. The van der Waals surface area contributed by atoms with Gasteiger partial charge in [-0.05, 0) is 6.07 Å². The average molecular weight is 209 g/mol. The number of hydrogen-bond donors (Lipinski definition) is 0. The van der Waals surface area contributed by atoms with Crippen molar-refractivity contribution in [1.82, 2.24) is 19.7 Å². The van der Waals surface area contributed by atoms with Gasteiger partial charge in [-0.3, -0.25) is 0 Å². The maximum Gasteiger partial charge on any atom is 0.158 e. The molecule has 0 aliphatic rings. The predicted molar refractivity (Wildman–Crippen MR) is 53.5 cm³/mol. The molecule has 0 aromatic carbocycles. The normalized spacial score (nSPS) is 10.4. The van der Waals surface area contributed by atoms with E-state index >= 15 is 0 Å². The zero-order valence-corrected chi connectivity index (χ0v) is 8.44. The number of aryl methyl sites for hydroxylation is 1. The summed E-state index contributed by atoms with van der Waals surface area (Å²) in [5, 5.41) is 4.52. The Hall–Kier alpha value is -1.42. The largest absolute Gasteiger partial charge is 0.223 e. The maximum absolute atomic E-state index is 5.85. The predicted octanol–water partition coefficient (Wildman–Crippen LogP) is 1.88. The van der Waals surface area contributed by atoms with Gasteiger partial charge in [0.1, 0.15) is 11.0 Å². The van der Waals surface area contributed by atoms with Crippen LogP contribution in [0.3, 0.4) is 0 Å². The van der Waals surface area contributed by atoms with E-state index in [1.807, 2.05) is 19.2 Å². The van der Waals surface area contributed by atoms with Crippen LogP contribution in [0.15, 0.2) is 24.5 Å². The first-order chi connectivity index (χ1) is 6.79. The third-order valence-electron chi connectivity index (χ3n) is 1.78. The molecule has 0 fully saturated rings. The lowest BCUT2D eigenvalue weighted by Gasteiger charge is -2.02. The van der Waals surface area contributed by atoms with Crippen LogP contribution in [0.2, 0.25) is 5.15 Å². The molecule has 0 aliphatic carbocycles. The van der Waals surface area contributed by atoms with Gasteiger partial charge >= 0.3 is 0 Å². The van der Waals surface area contributed by atoms with Gasteiger partial charge < -0.3 is 0 Å². The number of rotatable bonds is 2. The van der Waals surface area contributed by atoms with Gasteiger partial charge in [0, 0.05) is 24.9 Å². The molecule has 0 atom stereocenters. The maximum atomic E-state index is 5.85. The molecule has 5 heteroatoms. The minimum absolute atomic E-state index is 0.447. The molecule has 2 heterocycles. The molecule has 0 saturated carbocycles. The van der Waals surface area contributed by atoms with Gasteiger partial charge in [0.15, 0.2) is 5.82 Å². The van der Waals surface area contributed by atoms with Crippen LogP contribution >= 0.6 is 11.6 Å². The summed E-state index contributed by atoms with van der Waals surface area (Å²) in [5.74, 6) is 1.43. The second-order valence-corrected chi connectivity index (χ2v) is 3.16. The second kappa shape index (κ2) is 3.75. The van der Waals surface area contributed by atoms with E-state index in [2.05, 4.69) is 15.1 Å². The van der Waals surface area contributed by atoms with Gasteiger partial charge in [0.2, 0.25) is 0 Å². The second-order valence-electron chi connectivity index (χ2n) is 2.77. The van der Waals surface area contributed by atoms with Crippen molar-refractivity contribution in [1.29, 1.82) is 0 Å². The molecular formula is C9H9ClN4. The third kappa shape index (κ3) is 1.75. The molecule has 72 valence electrons. The first-order valence-corrected chi connectivity index (χ1v) is 4.71. The lowest BCUT2D eigenvalue weighted by atomic mass is 10.4. The van der Waals surface area contributed by atoms with Crippen molar-refractivity contribution in [3.05, 3.63) is 35.5 Å². The van der Waals surface area contributed by atoms with Gasteiger partial charge in [0.25, 0.3) is 0 Å². The highest BCUT2D eigenvalue weighted by atomic mass is 35.5. The summed E-state index contributed by atoms with van der Waals surface area (Å²) in [5.41, 5.74) is 0. The molecule has 0 radical (unpaired) electrons. The van der Waals surface area contributed by atoms with Crippen LogP contribution in [0.4, 0.5) is 0 Å². The van der Waals surface area contributed by atoms with Crippen LogP contribution < -0.4 is 0 Å². The fourth-order valence-electron chi connectivity index (χ4n) is 1.13. The minimum Gasteiger partial charge on any atom is -0.223 e. The first kappa shape index (κ1) is 9.15. The topological polar surface area (TPSA) is 43.6 Å². The van der Waals surface area contributed by atoms with Crippen LogP contribution in [-0.2, 0) is 6.42 Å². The Morgan fingerprint density at radius 3 is 2.93 bits per heavy atom. The number of nitrogens with zero attached hydrogens (tertiary/aromatic N) is 4. The van der Waals surface area contributed by atoms with Gasteiger partial charge in [-0.1, -0.05) is 18.5 Å². The zero-order chi connectivity index (χ0) is 9.97. The standard InChI is InChI=1S/C9H9ClN4/c1-2-8-12-7(10)6-9(13-8)14-5-3-4-11-14/h3-6H,2H2,1H3. The smallest absolute Gasteiger partial charge is 0.158 e. The monoisotopic (exact) mass is 208 g/mol. The van der Waals surface area contributed by atoms with E-state index in [-0.39, 0.29) is 0 Å². The summed E-state index contributed by atoms with van der Waals surface area (Å²) in [6.07, 6.45) is 4.27. The molecule has 0 amide bonds. The van der Waals surface area contributed by atoms with Gasteiger partial charge in [-0.15, -0.1) is 0 Å². The molecule has 2 rings (SSSR count). The van der Waals surface area contributed by atoms with Crippen molar-refractivity contribution in [2.24, 2.45) is 0 Å². The Morgan fingerprint density at radius 2 is 2.29 bits per heavy atom. The summed E-state index contributed by atoms with van der Waals surface area (Å²) in [4.78, 5) is 8.37. The van der Waals surface area contributed by atoms with Crippen LogP contribution in [0.1, 0.15) is 12.7 Å². The summed E-state index contributed by atoms with van der Waals surface area (Å²) in [6.45, 7) is 1.98. The van der Waals surface area contributed by atoms with E-state index in [0.29, 0.717) is 11.0 Å². The van der Waals surface area contributed by atoms with Crippen molar-refractivity contribution in [3.63, 3.8) is 0 Å². The van der Waals surface area contributed by atoms with E-state index < -0.39 is 0 Å². The fourth-order valence-corrected chi connectivity index (χ4v) is 1.33.